The van der Waals surface area contributed by atoms with E-state index in [0.29, 0.717) is 0 Å². The summed E-state index contributed by atoms with van der Waals surface area (Å²) in [7, 11) is 0. The summed E-state index contributed by atoms with van der Waals surface area (Å²) in [6, 6.07) is 15.6. The highest BCUT2D eigenvalue weighted by molar-refractivity contribution is 9.10. The molecule has 3 rings (SSSR count). The molecule has 0 aliphatic rings. The molecule has 0 saturated carbocycles. The van der Waals surface area contributed by atoms with E-state index in [1.807, 2.05) is 55.5 Å². The summed E-state index contributed by atoms with van der Waals surface area (Å²) in [5.41, 5.74) is 6.31. The molecular weight excluding hydrogens is 400 g/mol. The Balaban J connectivity index is 1.59. The van der Waals surface area contributed by atoms with Gasteiger partial charge in [0.05, 0.1) is 22.5 Å². The van der Waals surface area contributed by atoms with Crippen LogP contribution in [-0.4, -0.2) is 27.3 Å². The number of H-pyrrole nitrogens is 1. The van der Waals surface area contributed by atoms with E-state index in [0.717, 1.165) is 38.4 Å². The summed E-state index contributed by atoms with van der Waals surface area (Å²) in [5.74, 6) is 0.0881. The van der Waals surface area contributed by atoms with E-state index in [1.165, 1.54) is 11.8 Å². The predicted molar refractivity (Wildman–Crippen MR) is 106 cm³/mol. The van der Waals surface area contributed by atoms with Crippen molar-refractivity contribution >= 4 is 50.3 Å². The Labute approximate surface area is 158 Å². The molecule has 0 aliphatic heterocycles. The molecule has 7 heteroatoms. The van der Waals surface area contributed by atoms with Gasteiger partial charge in [0.15, 0.2) is 5.16 Å². The topological polar surface area (TPSA) is 70.1 Å². The highest BCUT2D eigenvalue weighted by atomic mass is 79.9. The van der Waals surface area contributed by atoms with Gasteiger partial charge in [-0.05, 0) is 36.2 Å². The van der Waals surface area contributed by atoms with Crippen molar-refractivity contribution in [1.29, 1.82) is 0 Å². The summed E-state index contributed by atoms with van der Waals surface area (Å²) in [6.07, 6.45) is 0.730. The molecule has 2 aromatic carbocycles. The first kappa shape index (κ1) is 17.7. The number of carbonyl (C=O) groups is 1. The first-order chi connectivity index (χ1) is 12.2. The summed E-state index contributed by atoms with van der Waals surface area (Å²) < 4.78 is 0.984. The third kappa shape index (κ3) is 4.70. The Kier molecular flexibility index (Phi) is 5.88. The van der Waals surface area contributed by atoms with Crippen LogP contribution >= 0.6 is 27.7 Å². The van der Waals surface area contributed by atoms with Crippen molar-refractivity contribution < 1.29 is 4.79 Å². The lowest BCUT2D eigenvalue weighted by molar-refractivity contribution is -0.118. The molecule has 0 radical (unpaired) electrons. The van der Waals surface area contributed by atoms with Crippen molar-refractivity contribution in [3.05, 3.63) is 58.6 Å². The first-order valence-corrected chi connectivity index (χ1v) is 9.62. The number of fused-ring (bicyclic) bond motifs is 1. The second-order valence-electron chi connectivity index (χ2n) is 5.31. The fourth-order valence-corrected chi connectivity index (χ4v) is 3.39. The minimum atomic E-state index is -0.161. The van der Waals surface area contributed by atoms with Gasteiger partial charge in [0.2, 0.25) is 0 Å². The van der Waals surface area contributed by atoms with Gasteiger partial charge in [-0.25, -0.2) is 10.4 Å². The number of nitrogens with zero attached hydrogens (tertiary/aromatic N) is 2. The van der Waals surface area contributed by atoms with Gasteiger partial charge >= 0.3 is 0 Å². The van der Waals surface area contributed by atoms with Gasteiger partial charge in [-0.2, -0.15) is 5.10 Å². The van der Waals surface area contributed by atoms with Gasteiger partial charge < -0.3 is 4.98 Å². The zero-order valence-electron chi connectivity index (χ0n) is 13.6. The van der Waals surface area contributed by atoms with E-state index in [9.17, 15) is 4.79 Å². The van der Waals surface area contributed by atoms with Crippen molar-refractivity contribution in [2.75, 3.05) is 5.75 Å². The van der Waals surface area contributed by atoms with Crippen LogP contribution < -0.4 is 5.43 Å². The van der Waals surface area contributed by atoms with Crippen LogP contribution in [0.4, 0.5) is 0 Å². The molecule has 128 valence electrons. The number of carbonyl (C=O) groups excluding carboxylic acids is 1. The lowest BCUT2D eigenvalue weighted by Crippen LogP contribution is -2.21. The average molecular weight is 417 g/mol. The number of hydrogen-bond acceptors (Lipinski definition) is 4. The number of aromatic nitrogens is 2. The molecule has 5 nitrogen and oxygen atoms in total. The van der Waals surface area contributed by atoms with Gasteiger partial charge in [-0.15, -0.1) is 0 Å². The average Bonchev–Trinajstić information content (AvgIpc) is 3.03. The third-order valence-electron chi connectivity index (χ3n) is 3.52. The third-order valence-corrected chi connectivity index (χ3v) is 4.88. The Hall–Kier alpha value is -2.12. The highest BCUT2D eigenvalue weighted by Crippen LogP contribution is 2.19. The summed E-state index contributed by atoms with van der Waals surface area (Å²) in [5, 5.41) is 4.99. The van der Waals surface area contributed by atoms with Crippen LogP contribution in [0.2, 0.25) is 0 Å². The van der Waals surface area contributed by atoms with Crippen LogP contribution in [0.1, 0.15) is 18.9 Å². The first-order valence-electron chi connectivity index (χ1n) is 7.84. The second kappa shape index (κ2) is 8.31. The SMILES string of the molecule is CC/C(=N/NC(=O)CSc1nc2ccccc2[nH]1)c1cccc(Br)c1. The second-order valence-corrected chi connectivity index (χ2v) is 7.18. The van der Waals surface area contributed by atoms with Crippen LogP contribution in [0.15, 0.2) is 63.3 Å². The number of halogens is 1. The van der Waals surface area contributed by atoms with Crippen molar-refractivity contribution in [3.8, 4) is 0 Å². The molecule has 0 atom stereocenters. The zero-order chi connectivity index (χ0) is 17.6. The summed E-state index contributed by atoms with van der Waals surface area (Å²) in [6.45, 7) is 2.01. The number of rotatable bonds is 6. The fraction of sp³-hybridized carbons (Fsp3) is 0.167. The van der Waals surface area contributed by atoms with Crippen molar-refractivity contribution in [1.82, 2.24) is 15.4 Å². The lowest BCUT2D eigenvalue weighted by atomic mass is 10.1. The number of hydrogen-bond donors (Lipinski definition) is 2. The number of nitrogens with one attached hydrogen (secondary N) is 2. The number of imidazole rings is 1. The number of para-hydroxylation sites is 2. The van der Waals surface area contributed by atoms with Crippen LogP contribution in [0.3, 0.4) is 0 Å². The molecule has 0 unspecified atom stereocenters. The van der Waals surface area contributed by atoms with E-state index < -0.39 is 0 Å². The molecular formula is C18H17BrN4OS. The van der Waals surface area contributed by atoms with Crippen LogP contribution in [-0.2, 0) is 4.79 Å². The Morgan fingerprint density at radius 1 is 1.28 bits per heavy atom. The maximum Gasteiger partial charge on any atom is 0.250 e. The van der Waals surface area contributed by atoms with E-state index in [-0.39, 0.29) is 11.7 Å². The molecule has 0 spiro atoms. The largest absolute Gasteiger partial charge is 0.333 e. The molecule has 0 fully saturated rings. The zero-order valence-corrected chi connectivity index (χ0v) is 16.0. The van der Waals surface area contributed by atoms with Gasteiger partial charge in [0.1, 0.15) is 0 Å². The molecule has 1 heterocycles. The van der Waals surface area contributed by atoms with Gasteiger partial charge in [-0.1, -0.05) is 58.9 Å². The standard InChI is InChI=1S/C18H17BrN4OS/c1-2-14(12-6-5-7-13(19)10-12)22-23-17(24)11-25-18-20-15-8-3-4-9-16(15)21-18/h3-10H,2,11H2,1H3,(H,20,21)(H,23,24)/b22-14-. The summed E-state index contributed by atoms with van der Waals surface area (Å²) in [4.78, 5) is 19.7. The minimum absolute atomic E-state index is 0.161. The van der Waals surface area contributed by atoms with Crippen molar-refractivity contribution in [3.63, 3.8) is 0 Å². The molecule has 1 amide bonds. The highest BCUT2D eigenvalue weighted by Gasteiger charge is 2.07. The molecule has 2 N–H and O–H groups in total. The summed E-state index contributed by atoms with van der Waals surface area (Å²) >= 11 is 4.81. The number of thioether (sulfide) groups is 1. The number of hydrazone groups is 1. The maximum atomic E-state index is 12.1. The van der Waals surface area contributed by atoms with Crippen LogP contribution in [0, 0.1) is 0 Å². The van der Waals surface area contributed by atoms with E-state index >= 15 is 0 Å². The van der Waals surface area contributed by atoms with Crippen LogP contribution in [0.5, 0.6) is 0 Å². The Bertz CT molecular complexity index is 889. The normalized spacial score (nSPS) is 11.7. The van der Waals surface area contributed by atoms with Gasteiger partial charge in [-0.3, -0.25) is 4.79 Å². The molecule has 25 heavy (non-hydrogen) atoms. The molecule has 3 aromatic rings. The van der Waals surface area contributed by atoms with E-state index in [4.69, 9.17) is 0 Å². The predicted octanol–water partition coefficient (Wildman–Crippen LogP) is 4.35. The Morgan fingerprint density at radius 2 is 2.12 bits per heavy atom. The monoisotopic (exact) mass is 416 g/mol. The van der Waals surface area contributed by atoms with Crippen molar-refractivity contribution in [2.45, 2.75) is 18.5 Å². The smallest absolute Gasteiger partial charge is 0.250 e. The number of benzene rings is 2. The Morgan fingerprint density at radius 3 is 2.88 bits per heavy atom. The molecule has 0 bridgehead atoms. The van der Waals surface area contributed by atoms with Gasteiger partial charge in [0.25, 0.3) is 5.91 Å². The van der Waals surface area contributed by atoms with E-state index in [2.05, 4.69) is 36.4 Å². The van der Waals surface area contributed by atoms with E-state index in [1.54, 1.807) is 0 Å². The maximum absolute atomic E-state index is 12.1. The molecule has 0 saturated heterocycles. The van der Waals surface area contributed by atoms with Crippen molar-refractivity contribution in [2.24, 2.45) is 5.10 Å². The molecule has 0 aliphatic carbocycles. The quantitative estimate of drug-likeness (QED) is 0.356. The lowest BCUT2D eigenvalue weighted by Gasteiger charge is -2.05. The minimum Gasteiger partial charge on any atom is -0.333 e. The number of aromatic amines is 1. The van der Waals surface area contributed by atoms with Crippen LogP contribution in [0.25, 0.3) is 11.0 Å². The van der Waals surface area contributed by atoms with Gasteiger partial charge in [0, 0.05) is 4.47 Å². The number of amides is 1. The fourth-order valence-electron chi connectivity index (χ4n) is 2.31. The molecule has 1 aromatic heterocycles.